The van der Waals surface area contributed by atoms with Crippen LogP contribution >= 0.6 is 0 Å². The molecule has 0 amide bonds. The van der Waals surface area contributed by atoms with E-state index in [0.717, 1.165) is 12.1 Å². The summed E-state index contributed by atoms with van der Waals surface area (Å²) < 4.78 is 77.5. The van der Waals surface area contributed by atoms with Gasteiger partial charge in [-0.25, -0.2) is 0 Å². The molecule has 2 aromatic heterocycles. The smallest absolute Gasteiger partial charge is 0.351 e. The van der Waals surface area contributed by atoms with Crippen LogP contribution in [0.25, 0.3) is 5.65 Å². The van der Waals surface area contributed by atoms with Gasteiger partial charge in [-0.3, -0.25) is 0 Å². The number of alkyl halides is 6. The molecular weight excluding hydrogens is 376 g/mol. The lowest BCUT2D eigenvalue weighted by molar-refractivity contribution is -0.146. The molecule has 2 heterocycles. The van der Waals surface area contributed by atoms with Crippen LogP contribution in [0.3, 0.4) is 0 Å². The Bertz CT molecular complexity index is 945. The van der Waals surface area contributed by atoms with Crippen molar-refractivity contribution >= 4 is 11.5 Å². The van der Waals surface area contributed by atoms with Crippen molar-refractivity contribution in [3.63, 3.8) is 0 Å². The predicted octanol–water partition coefficient (Wildman–Crippen LogP) is 4.36. The lowest BCUT2D eigenvalue weighted by Gasteiger charge is -2.26. The molecule has 0 saturated carbocycles. The second-order valence-corrected chi connectivity index (χ2v) is 5.89. The number of halogens is 6. The molecule has 0 radical (unpaired) electrons. The summed E-state index contributed by atoms with van der Waals surface area (Å²) >= 11 is 0. The molecule has 0 fully saturated rings. The van der Waals surface area contributed by atoms with Crippen molar-refractivity contribution in [1.82, 2.24) is 19.8 Å². The third-order valence-corrected chi connectivity index (χ3v) is 4.17. The molecule has 0 bridgehead atoms. The number of anilines is 1. The van der Waals surface area contributed by atoms with Gasteiger partial charge in [0.25, 0.3) is 5.82 Å². The maximum Gasteiger partial charge on any atom is 0.453 e. The largest absolute Gasteiger partial charge is 0.453 e. The first-order valence-corrected chi connectivity index (χ1v) is 7.68. The van der Waals surface area contributed by atoms with Crippen LogP contribution in [0, 0.1) is 0 Å². The van der Waals surface area contributed by atoms with E-state index in [-0.39, 0.29) is 11.5 Å². The Morgan fingerprint density at radius 2 is 1.52 bits per heavy atom. The predicted molar refractivity (Wildman–Crippen MR) is 84.0 cm³/mol. The standard InChI is InChI=1S/C16H13F6N5/c1-9(10-3-5-11(6-4-10)15(17,18)19)26(2)13-8-7-12-23-24-14(16(20,21)22)27(12)25-13/h3-9H,1-2H3. The van der Waals surface area contributed by atoms with Crippen LogP contribution in [-0.2, 0) is 12.4 Å². The van der Waals surface area contributed by atoms with Crippen LogP contribution in [-0.4, -0.2) is 26.9 Å². The summed E-state index contributed by atoms with van der Waals surface area (Å²) in [5, 5.41) is 10.5. The summed E-state index contributed by atoms with van der Waals surface area (Å²) in [7, 11) is 1.58. The van der Waals surface area contributed by atoms with Gasteiger partial charge >= 0.3 is 12.4 Å². The molecular formula is C16H13F6N5. The van der Waals surface area contributed by atoms with Gasteiger partial charge in [0.05, 0.1) is 11.6 Å². The number of benzene rings is 1. The molecule has 144 valence electrons. The zero-order valence-corrected chi connectivity index (χ0v) is 14.0. The molecule has 0 aliphatic heterocycles. The van der Waals surface area contributed by atoms with Crippen LogP contribution in [0.1, 0.15) is 29.9 Å². The second kappa shape index (κ2) is 6.39. The fraction of sp³-hybridized carbons (Fsp3) is 0.312. The molecule has 0 aliphatic rings. The van der Waals surface area contributed by atoms with Gasteiger partial charge in [0.15, 0.2) is 5.65 Å². The van der Waals surface area contributed by atoms with Crippen LogP contribution in [0.2, 0.25) is 0 Å². The number of hydrogen-bond donors (Lipinski definition) is 0. The van der Waals surface area contributed by atoms with Crippen molar-refractivity contribution in [2.24, 2.45) is 0 Å². The number of aromatic nitrogens is 4. The number of hydrogen-bond acceptors (Lipinski definition) is 4. The molecule has 27 heavy (non-hydrogen) atoms. The van der Waals surface area contributed by atoms with E-state index >= 15 is 0 Å². The van der Waals surface area contributed by atoms with Gasteiger partial charge in [0.2, 0.25) is 0 Å². The van der Waals surface area contributed by atoms with E-state index < -0.39 is 29.8 Å². The van der Waals surface area contributed by atoms with Crippen molar-refractivity contribution in [3.05, 3.63) is 53.3 Å². The zero-order chi connectivity index (χ0) is 20.0. The molecule has 1 aromatic carbocycles. The van der Waals surface area contributed by atoms with Gasteiger partial charge < -0.3 is 4.90 Å². The fourth-order valence-corrected chi connectivity index (χ4v) is 2.52. The van der Waals surface area contributed by atoms with Crippen molar-refractivity contribution < 1.29 is 26.3 Å². The topological polar surface area (TPSA) is 46.3 Å². The SMILES string of the molecule is CC(c1ccc(C(F)(F)F)cc1)N(C)c1ccc2nnc(C(F)(F)F)n2n1. The summed E-state index contributed by atoms with van der Waals surface area (Å²) in [5.74, 6) is -1.07. The van der Waals surface area contributed by atoms with E-state index in [1.54, 1.807) is 18.9 Å². The van der Waals surface area contributed by atoms with Crippen LogP contribution in [0.5, 0.6) is 0 Å². The highest BCUT2D eigenvalue weighted by Gasteiger charge is 2.38. The monoisotopic (exact) mass is 389 g/mol. The van der Waals surface area contributed by atoms with Gasteiger partial charge in [-0.2, -0.15) is 30.9 Å². The number of rotatable bonds is 3. The summed E-state index contributed by atoms with van der Waals surface area (Å²) in [6.45, 7) is 1.70. The maximum atomic E-state index is 13.0. The molecule has 3 aromatic rings. The average molecular weight is 389 g/mol. The van der Waals surface area contributed by atoms with Gasteiger partial charge in [0, 0.05) is 7.05 Å². The highest BCUT2D eigenvalue weighted by Crippen LogP contribution is 2.32. The van der Waals surface area contributed by atoms with E-state index in [1.165, 1.54) is 24.3 Å². The molecule has 1 unspecified atom stereocenters. The zero-order valence-electron chi connectivity index (χ0n) is 14.0. The summed E-state index contributed by atoms with van der Waals surface area (Å²) in [6.07, 6.45) is -9.16. The van der Waals surface area contributed by atoms with Crippen LogP contribution in [0.4, 0.5) is 32.2 Å². The molecule has 5 nitrogen and oxygen atoms in total. The molecule has 0 saturated heterocycles. The Morgan fingerprint density at radius 3 is 2.07 bits per heavy atom. The highest BCUT2D eigenvalue weighted by molar-refractivity contribution is 5.47. The Hall–Kier alpha value is -2.85. The summed E-state index contributed by atoms with van der Waals surface area (Å²) in [5.41, 5.74) is -0.297. The Morgan fingerprint density at radius 1 is 0.889 bits per heavy atom. The lowest BCUT2D eigenvalue weighted by atomic mass is 10.0. The van der Waals surface area contributed by atoms with Gasteiger partial charge in [-0.05, 0) is 36.8 Å². The average Bonchev–Trinajstić information content (AvgIpc) is 3.03. The van der Waals surface area contributed by atoms with Crippen molar-refractivity contribution in [1.29, 1.82) is 0 Å². The first-order chi connectivity index (χ1) is 12.5. The Labute approximate surface area is 149 Å². The minimum Gasteiger partial charge on any atom is -0.351 e. The van der Waals surface area contributed by atoms with Gasteiger partial charge in [0.1, 0.15) is 5.82 Å². The van der Waals surface area contributed by atoms with Crippen molar-refractivity contribution in [2.45, 2.75) is 25.3 Å². The molecule has 0 N–H and O–H groups in total. The maximum absolute atomic E-state index is 13.0. The first-order valence-electron chi connectivity index (χ1n) is 7.68. The van der Waals surface area contributed by atoms with Crippen LogP contribution in [0.15, 0.2) is 36.4 Å². The van der Waals surface area contributed by atoms with Gasteiger partial charge in [-0.1, -0.05) is 12.1 Å². The molecule has 0 spiro atoms. The molecule has 0 aliphatic carbocycles. The van der Waals surface area contributed by atoms with E-state index in [0.29, 0.717) is 10.1 Å². The minimum absolute atomic E-state index is 0.0679. The van der Waals surface area contributed by atoms with E-state index in [2.05, 4.69) is 15.3 Å². The van der Waals surface area contributed by atoms with Crippen molar-refractivity contribution in [3.8, 4) is 0 Å². The van der Waals surface area contributed by atoms with Crippen LogP contribution < -0.4 is 4.90 Å². The fourth-order valence-electron chi connectivity index (χ4n) is 2.52. The molecule has 1 atom stereocenters. The normalized spacial score (nSPS) is 13.8. The lowest BCUT2D eigenvalue weighted by Crippen LogP contribution is -2.24. The third-order valence-electron chi connectivity index (χ3n) is 4.17. The first kappa shape index (κ1) is 18.9. The van der Waals surface area contributed by atoms with E-state index in [9.17, 15) is 26.3 Å². The third kappa shape index (κ3) is 3.67. The quantitative estimate of drug-likeness (QED) is 0.625. The van der Waals surface area contributed by atoms with Crippen molar-refractivity contribution in [2.75, 3.05) is 11.9 Å². The Balaban J connectivity index is 1.91. The van der Waals surface area contributed by atoms with E-state index in [1.807, 2.05) is 0 Å². The number of fused-ring (bicyclic) bond motifs is 1. The van der Waals surface area contributed by atoms with E-state index in [4.69, 9.17) is 0 Å². The summed E-state index contributed by atoms with van der Waals surface area (Å²) in [6, 6.07) is 6.91. The Kier molecular flexibility index (Phi) is 4.48. The summed E-state index contributed by atoms with van der Waals surface area (Å²) in [4.78, 5) is 1.54. The molecule has 11 heteroatoms. The highest BCUT2D eigenvalue weighted by atomic mass is 19.4. The van der Waals surface area contributed by atoms with Gasteiger partial charge in [-0.15, -0.1) is 15.3 Å². The minimum atomic E-state index is -4.72. The molecule has 3 rings (SSSR count). The second-order valence-electron chi connectivity index (χ2n) is 5.89. The number of nitrogens with zero attached hydrogens (tertiary/aromatic N) is 5.